The van der Waals surface area contributed by atoms with Gasteiger partial charge in [-0.1, -0.05) is 31.2 Å². The first-order valence-electron chi connectivity index (χ1n) is 7.02. The molecule has 0 aliphatic heterocycles. The number of hydrogen-bond acceptors (Lipinski definition) is 2. The van der Waals surface area contributed by atoms with Crippen LogP contribution in [0.4, 0.5) is 0 Å². The zero-order valence-corrected chi connectivity index (χ0v) is 11.5. The van der Waals surface area contributed by atoms with Gasteiger partial charge in [-0.2, -0.15) is 0 Å². The minimum Gasteiger partial charge on any atom is -0.296 e. The molecular formula is C16H23NO. The van der Waals surface area contributed by atoms with Gasteiger partial charge < -0.3 is 0 Å². The lowest BCUT2D eigenvalue weighted by Gasteiger charge is -2.21. The van der Waals surface area contributed by atoms with Gasteiger partial charge in [0.2, 0.25) is 0 Å². The van der Waals surface area contributed by atoms with E-state index in [2.05, 4.69) is 11.8 Å². The molecule has 2 heteroatoms. The minimum atomic E-state index is 0.266. The van der Waals surface area contributed by atoms with Crippen molar-refractivity contribution in [2.45, 2.75) is 33.1 Å². The summed E-state index contributed by atoms with van der Waals surface area (Å²) in [6.45, 7) is 6.91. The van der Waals surface area contributed by atoms with Gasteiger partial charge in [-0.05, 0) is 44.2 Å². The average Bonchev–Trinajstić information content (AvgIpc) is 3.13. The van der Waals surface area contributed by atoms with E-state index in [0.717, 1.165) is 36.6 Å². The molecule has 1 aromatic carbocycles. The molecule has 0 heterocycles. The molecule has 0 N–H and O–H groups in total. The van der Waals surface area contributed by atoms with Crippen molar-refractivity contribution in [3.05, 3.63) is 35.4 Å². The molecule has 1 aliphatic carbocycles. The van der Waals surface area contributed by atoms with Crippen molar-refractivity contribution < 1.29 is 4.79 Å². The van der Waals surface area contributed by atoms with Gasteiger partial charge in [-0.25, -0.2) is 0 Å². The van der Waals surface area contributed by atoms with Crippen LogP contribution in [0.3, 0.4) is 0 Å². The molecule has 0 spiro atoms. The number of aryl methyl sites for hydroxylation is 1. The maximum Gasteiger partial charge on any atom is 0.177 e. The van der Waals surface area contributed by atoms with Gasteiger partial charge in [-0.3, -0.25) is 9.69 Å². The second-order valence-corrected chi connectivity index (χ2v) is 5.42. The molecule has 2 nitrogen and oxygen atoms in total. The van der Waals surface area contributed by atoms with Crippen LogP contribution in [0, 0.1) is 12.8 Å². The SMILES string of the molecule is CCCN(CC(=O)c1ccccc1C)CC1CC1. The average molecular weight is 245 g/mol. The van der Waals surface area contributed by atoms with E-state index < -0.39 is 0 Å². The topological polar surface area (TPSA) is 20.3 Å². The fourth-order valence-corrected chi connectivity index (χ4v) is 2.39. The maximum atomic E-state index is 12.3. The summed E-state index contributed by atoms with van der Waals surface area (Å²) in [5.41, 5.74) is 1.97. The third-order valence-corrected chi connectivity index (χ3v) is 3.57. The molecule has 0 saturated heterocycles. The first-order chi connectivity index (χ1) is 8.70. The Morgan fingerprint density at radius 2 is 2.06 bits per heavy atom. The standard InChI is InChI=1S/C16H23NO/c1-3-10-17(11-14-8-9-14)12-16(18)15-7-5-4-6-13(15)2/h4-7,14H,3,8-12H2,1-2H3. The van der Waals surface area contributed by atoms with Crippen molar-refractivity contribution in [2.24, 2.45) is 5.92 Å². The summed E-state index contributed by atoms with van der Waals surface area (Å²) in [7, 11) is 0. The Hall–Kier alpha value is -1.15. The van der Waals surface area contributed by atoms with Gasteiger partial charge in [0.1, 0.15) is 0 Å². The monoisotopic (exact) mass is 245 g/mol. The summed E-state index contributed by atoms with van der Waals surface area (Å²) in [6, 6.07) is 7.89. The van der Waals surface area contributed by atoms with Gasteiger partial charge in [0.05, 0.1) is 6.54 Å². The van der Waals surface area contributed by atoms with Crippen LogP contribution < -0.4 is 0 Å². The predicted molar refractivity (Wildman–Crippen MR) is 75.0 cm³/mol. The summed E-state index contributed by atoms with van der Waals surface area (Å²) in [5, 5.41) is 0. The Morgan fingerprint density at radius 3 is 2.67 bits per heavy atom. The number of carbonyl (C=O) groups is 1. The highest BCUT2D eigenvalue weighted by molar-refractivity contribution is 5.98. The fraction of sp³-hybridized carbons (Fsp3) is 0.562. The van der Waals surface area contributed by atoms with E-state index in [1.54, 1.807) is 0 Å². The van der Waals surface area contributed by atoms with Crippen LogP contribution in [0.5, 0.6) is 0 Å². The van der Waals surface area contributed by atoms with Crippen LogP contribution in [-0.4, -0.2) is 30.3 Å². The third-order valence-electron chi connectivity index (χ3n) is 3.57. The van der Waals surface area contributed by atoms with E-state index >= 15 is 0 Å². The lowest BCUT2D eigenvalue weighted by molar-refractivity contribution is 0.0926. The van der Waals surface area contributed by atoms with E-state index in [4.69, 9.17) is 0 Å². The first kappa shape index (κ1) is 13.3. The molecule has 18 heavy (non-hydrogen) atoms. The minimum absolute atomic E-state index is 0.266. The molecule has 1 aromatic rings. The molecule has 0 bridgehead atoms. The highest BCUT2D eigenvalue weighted by Crippen LogP contribution is 2.29. The zero-order valence-electron chi connectivity index (χ0n) is 11.5. The van der Waals surface area contributed by atoms with Crippen LogP contribution in [0.25, 0.3) is 0 Å². The molecule has 1 saturated carbocycles. The molecule has 2 rings (SSSR count). The second-order valence-electron chi connectivity index (χ2n) is 5.42. The summed E-state index contributed by atoms with van der Waals surface area (Å²) in [6.07, 6.45) is 3.81. The molecule has 1 fully saturated rings. The Balaban J connectivity index is 1.97. The van der Waals surface area contributed by atoms with E-state index in [-0.39, 0.29) is 5.78 Å². The van der Waals surface area contributed by atoms with Gasteiger partial charge in [0, 0.05) is 12.1 Å². The normalized spacial score (nSPS) is 15.1. The van der Waals surface area contributed by atoms with Gasteiger partial charge >= 0.3 is 0 Å². The molecule has 0 unspecified atom stereocenters. The quantitative estimate of drug-likeness (QED) is 0.687. The van der Waals surface area contributed by atoms with Crippen LogP contribution in [0.15, 0.2) is 24.3 Å². The zero-order chi connectivity index (χ0) is 13.0. The number of hydrogen-bond donors (Lipinski definition) is 0. The highest BCUT2D eigenvalue weighted by atomic mass is 16.1. The van der Waals surface area contributed by atoms with Crippen molar-refractivity contribution in [3.63, 3.8) is 0 Å². The van der Waals surface area contributed by atoms with E-state index in [9.17, 15) is 4.79 Å². The number of benzene rings is 1. The Kier molecular flexibility index (Phi) is 4.54. The van der Waals surface area contributed by atoms with Gasteiger partial charge in [0.25, 0.3) is 0 Å². The number of ketones is 1. The van der Waals surface area contributed by atoms with Crippen molar-refractivity contribution in [1.29, 1.82) is 0 Å². The Labute approximate surface area is 110 Å². The smallest absolute Gasteiger partial charge is 0.177 e. The van der Waals surface area contributed by atoms with Crippen molar-refractivity contribution in [2.75, 3.05) is 19.6 Å². The molecule has 0 atom stereocenters. The molecule has 0 radical (unpaired) electrons. The Morgan fingerprint density at radius 1 is 1.33 bits per heavy atom. The lowest BCUT2D eigenvalue weighted by Crippen LogP contribution is -2.32. The molecule has 98 valence electrons. The van der Waals surface area contributed by atoms with Crippen LogP contribution in [0.2, 0.25) is 0 Å². The number of nitrogens with zero attached hydrogens (tertiary/aromatic N) is 1. The molecule has 0 amide bonds. The van der Waals surface area contributed by atoms with Gasteiger partial charge in [0.15, 0.2) is 5.78 Å². The molecule has 1 aliphatic rings. The predicted octanol–water partition coefficient (Wildman–Crippen LogP) is 3.30. The van der Waals surface area contributed by atoms with Crippen molar-refractivity contribution in [3.8, 4) is 0 Å². The molecule has 0 aromatic heterocycles. The largest absolute Gasteiger partial charge is 0.296 e. The van der Waals surface area contributed by atoms with Crippen LogP contribution in [0.1, 0.15) is 42.1 Å². The summed E-state index contributed by atoms with van der Waals surface area (Å²) in [4.78, 5) is 14.6. The van der Waals surface area contributed by atoms with Crippen LogP contribution in [-0.2, 0) is 0 Å². The lowest BCUT2D eigenvalue weighted by atomic mass is 10.0. The first-order valence-corrected chi connectivity index (χ1v) is 7.02. The van der Waals surface area contributed by atoms with Crippen molar-refractivity contribution in [1.82, 2.24) is 4.90 Å². The van der Waals surface area contributed by atoms with E-state index in [0.29, 0.717) is 6.54 Å². The fourth-order valence-electron chi connectivity index (χ4n) is 2.39. The number of carbonyl (C=O) groups excluding carboxylic acids is 1. The summed E-state index contributed by atoms with van der Waals surface area (Å²) >= 11 is 0. The Bertz CT molecular complexity index is 409. The number of Topliss-reactive ketones (excluding diaryl/α,β-unsaturated/α-hetero) is 1. The van der Waals surface area contributed by atoms with Gasteiger partial charge in [-0.15, -0.1) is 0 Å². The van der Waals surface area contributed by atoms with Crippen molar-refractivity contribution >= 4 is 5.78 Å². The molecular weight excluding hydrogens is 222 g/mol. The van der Waals surface area contributed by atoms with E-state index in [1.807, 2.05) is 31.2 Å². The summed E-state index contributed by atoms with van der Waals surface area (Å²) in [5.74, 6) is 1.11. The maximum absolute atomic E-state index is 12.3. The van der Waals surface area contributed by atoms with E-state index in [1.165, 1.54) is 12.8 Å². The summed E-state index contributed by atoms with van der Waals surface area (Å²) < 4.78 is 0. The third kappa shape index (κ3) is 3.67. The van der Waals surface area contributed by atoms with Crippen LogP contribution >= 0.6 is 0 Å². The number of rotatable bonds is 7. The highest BCUT2D eigenvalue weighted by Gasteiger charge is 2.25. The second kappa shape index (κ2) is 6.14.